The molecule has 0 atom stereocenters. The maximum Gasteiger partial charge on any atom is 0.377 e. The number of carbonyl (C=O) groups is 2. The van der Waals surface area contributed by atoms with Gasteiger partial charge in [0.2, 0.25) is 0 Å². The number of nitrogens with zero attached hydrogens (tertiary/aromatic N) is 2. The molecule has 0 fully saturated rings. The van der Waals surface area contributed by atoms with Crippen molar-refractivity contribution in [3.05, 3.63) is 45.8 Å². The number of hydrogen-bond donors (Lipinski definition) is 0. The van der Waals surface area contributed by atoms with Crippen LogP contribution in [0.4, 0.5) is 0 Å². The van der Waals surface area contributed by atoms with E-state index < -0.39 is 11.9 Å². The Morgan fingerprint density at radius 3 is 2.52 bits per heavy atom. The number of esters is 2. The van der Waals surface area contributed by atoms with Gasteiger partial charge >= 0.3 is 11.9 Å². The highest BCUT2D eigenvalue weighted by molar-refractivity contribution is 6.35. The predicted octanol–water partition coefficient (Wildman–Crippen LogP) is 3.77. The lowest BCUT2D eigenvalue weighted by Gasteiger charge is -2.07. The van der Waals surface area contributed by atoms with Gasteiger partial charge < -0.3 is 14.0 Å². The summed E-state index contributed by atoms with van der Waals surface area (Å²) in [5.41, 5.74) is 0.583. The highest BCUT2D eigenvalue weighted by atomic mass is 35.5. The van der Waals surface area contributed by atoms with Crippen LogP contribution >= 0.6 is 23.2 Å². The Morgan fingerprint density at radius 1 is 1.12 bits per heavy atom. The van der Waals surface area contributed by atoms with E-state index in [1.165, 1.54) is 13.3 Å². The number of halogens is 2. The van der Waals surface area contributed by atoms with Gasteiger partial charge in [-0.1, -0.05) is 34.4 Å². The first kappa shape index (κ1) is 17.2. The minimum atomic E-state index is -0.869. The molecule has 0 radical (unpaired) electrons. The van der Waals surface area contributed by atoms with E-state index in [0.29, 0.717) is 21.5 Å². The number of fused-ring (bicyclic) bond motifs is 1. The van der Waals surface area contributed by atoms with Gasteiger partial charge in [-0.05, 0) is 12.1 Å². The summed E-state index contributed by atoms with van der Waals surface area (Å²) < 4.78 is 14.4. The number of aromatic nitrogens is 2. The topological polar surface area (TPSA) is 91.5 Å². The largest absolute Gasteiger partial charge is 0.465 e. The summed E-state index contributed by atoms with van der Waals surface area (Å²) >= 11 is 12.3. The van der Waals surface area contributed by atoms with Gasteiger partial charge in [-0.25, -0.2) is 9.59 Å². The van der Waals surface area contributed by atoms with Crippen LogP contribution in [0, 0.1) is 0 Å². The van der Waals surface area contributed by atoms with Gasteiger partial charge in [0.05, 0.1) is 29.8 Å². The quantitative estimate of drug-likeness (QED) is 0.638. The molecule has 0 aliphatic carbocycles. The van der Waals surface area contributed by atoms with Crippen molar-refractivity contribution in [2.75, 3.05) is 14.2 Å². The highest BCUT2D eigenvalue weighted by Gasteiger charge is 2.31. The van der Waals surface area contributed by atoms with Gasteiger partial charge in [0, 0.05) is 17.1 Å². The Hall–Kier alpha value is -2.64. The number of pyridine rings is 1. The summed E-state index contributed by atoms with van der Waals surface area (Å²) in [6.45, 7) is 0. The first-order valence-electron chi connectivity index (χ1n) is 6.88. The maximum absolute atomic E-state index is 12.2. The molecule has 0 amide bonds. The van der Waals surface area contributed by atoms with Crippen LogP contribution in [0.15, 0.2) is 28.9 Å². The summed E-state index contributed by atoms with van der Waals surface area (Å²) in [6, 6.07) is 5.01. The number of carbonyl (C=O) groups excluding carboxylic acids is 2. The molecule has 1 aromatic carbocycles. The van der Waals surface area contributed by atoms with Crippen LogP contribution in [0.2, 0.25) is 10.0 Å². The molecule has 3 rings (SSSR count). The van der Waals surface area contributed by atoms with Crippen molar-refractivity contribution in [1.29, 1.82) is 0 Å². The smallest absolute Gasteiger partial charge is 0.377 e. The van der Waals surface area contributed by atoms with Crippen LogP contribution in [-0.4, -0.2) is 36.3 Å². The molecule has 2 heterocycles. The van der Waals surface area contributed by atoms with E-state index >= 15 is 0 Å². The molecule has 0 unspecified atom stereocenters. The van der Waals surface area contributed by atoms with Gasteiger partial charge in [-0.15, -0.1) is 0 Å². The zero-order valence-corrected chi connectivity index (χ0v) is 14.5. The average Bonchev–Trinajstić information content (AvgIpc) is 3.04. The van der Waals surface area contributed by atoms with E-state index in [1.54, 1.807) is 18.2 Å². The molecule has 7 nitrogen and oxygen atoms in total. The van der Waals surface area contributed by atoms with Crippen molar-refractivity contribution in [3.8, 4) is 11.3 Å². The summed E-state index contributed by atoms with van der Waals surface area (Å²) in [7, 11) is 2.32. The fraction of sp³-hybridized carbons (Fsp3) is 0.125. The van der Waals surface area contributed by atoms with Crippen LogP contribution in [0.25, 0.3) is 22.2 Å². The fourth-order valence-corrected chi connectivity index (χ4v) is 2.77. The van der Waals surface area contributed by atoms with Crippen LogP contribution in [0.3, 0.4) is 0 Å². The second-order valence-electron chi connectivity index (χ2n) is 4.87. The van der Waals surface area contributed by atoms with Crippen molar-refractivity contribution in [2.24, 2.45) is 0 Å². The third-order valence-electron chi connectivity index (χ3n) is 3.46. The van der Waals surface area contributed by atoms with E-state index in [0.717, 1.165) is 7.11 Å². The van der Waals surface area contributed by atoms with E-state index in [1.807, 2.05) is 0 Å². The van der Waals surface area contributed by atoms with Crippen molar-refractivity contribution in [3.63, 3.8) is 0 Å². The average molecular weight is 381 g/mol. The van der Waals surface area contributed by atoms with Gasteiger partial charge in [0.25, 0.3) is 5.76 Å². The molecule has 0 bridgehead atoms. The maximum atomic E-state index is 12.2. The van der Waals surface area contributed by atoms with Crippen LogP contribution in [0.5, 0.6) is 0 Å². The zero-order chi connectivity index (χ0) is 18.1. The van der Waals surface area contributed by atoms with Gasteiger partial charge in [0.15, 0.2) is 0 Å². The molecule has 0 aliphatic rings. The number of ether oxygens (including phenoxy) is 2. The van der Waals surface area contributed by atoms with Crippen LogP contribution in [-0.2, 0) is 9.47 Å². The molecule has 25 heavy (non-hydrogen) atoms. The Labute approximate surface area is 151 Å². The summed E-state index contributed by atoms with van der Waals surface area (Å²) in [5, 5.41) is 5.19. The Bertz CT molecular complexity index is 1000. The first-order valence-corrected chi connectivity index (χ1v) is 7.64. The molecular formula is C16H10Cl2N2O5. The molecule has 9 heteroatoms. The standard InChI is InChI=1S/C16H10Cl2N2O5/c1-23-15(21)11-13(20-25-14(11)16(22)24-2)10-9(18)4-3-7-5-8(17)6-19-12(7)10/h3-6H,1-2H3. The first-order chi connectivity index (χ1) is 12.0. The molecular weight excluding hydrogens is 371 g/mol. The zero-order valence-electron chi connectivity index (χ0n) is 13.0. The lowest BCUT2D eigenvalue weighted by atomic mass is 10.0. The van der Waals surface area contributed by atoms with Gasteiger partial charge in [-0.3, -0.25) is 4.98 Å². The van der Waals surface area contributed by atoms with Crippen molar-refractivity contribution < 1.29 is 23.6 Å². The highest BCUT2D eigenvalue weighted by Crippen LogP contribution is 2.37. The Morgan fingerprint density at radius 2 is 1.84 bits per heavy atom. The lowest BCUT2D eigenvalue weighted by molar-refractivity contribution is 0.0521. The monoisotopic (exact) mass is 380 g/mol. The van der Waals surface area contributed by atoms with E-state index in [9.17, 15) is 9.59 Å². The SMILES string of the molecule is COC(=O)c1onc(-c2c(Cl)ccc3cc(Cl)cnc23)c1C(=O)OC. The molecule has 3 aromatic rings. The molecule has 0 saturated heterocycles. The number of hydrogen-bond acceptors (Lipinski definition) is 7. The normalized spacial score (nSPS) is 10.7. The minimum Gasteiger partial charge on any atom is -0.465 e. The molecule has 0 aliphatic heterocycles. The Kier molecular flexibility index (Phi) is 4.61. The second-order valence-corrected chi connectivity index (χ2v) is 5.71. The van der Waals surface area contributed by atoms with E-state index in [2.05, 4.69) is 14.9 Å². The lowest BCUT2D eigenvalue weighted by Crippen LogP contribution is -2.10. The number of benzene rings is 1. The molecule has 128 valence electrons. The summed E-state index contributed by atoms with van der Waals surface area (Å²) in [5.74, 6) is -2.07. The summed E-state index contributed by atoms with van der Waals surface area (Å²) in [4.78, 5) is 28.3. The molecule has 2 aromatic heterocycles. The fourth-order valence-electron chi connectivity index (χ4n) is 2.36. The van der Waals surface area contributed by atoms with Crippen LogP contribution in [0.1, 0.15) is 20.9 Å². The minimum absolute atomic E-state index is 0.0256. The molecule has 0 N–H and O–H groups in total. The van der Waals surface area contributed by atoms with Crippen molar-refractivity contribution in [2.45, 2.75) is 0 Å². The predicted molar refractivity (Wildman–Crippen MR) is 89.9 cm³/mol. The van der Waals surface area contributed by atoms with Crippen molar-refractivity contribution >= 4 is 46.0 Å². The second kappa shape index (κ2) is 6.70. The molecule has 0 saturated carbocycles. The molecule has 0 spiro atoms. The van der Waals surface area contributed by atoms with Gasteiger partial charge in [0.1, 0.15) is 11.3 Å². The third-order valence-corrected chi connectivity index (χ3v) is 3.98. The number of rotatable bonds is 3. The number of methoxy groups -OCH3 is 2. The van der Waals surface area contributed by atoms with Crippen LogP contribution < -0.4 is 0 Å². The van der Waals surface area contributed by atoms with Crippen molar-refractivity contribution in [1.82, 2.24) is 10.1 Å². The van der Waals surface area contributed by atoms with E-state index in [-0.39, 0.29) is 22.0 Å². The summed E-state index contributed by atoms with van der Waals surface area (Å²) in [6.07, 6.45) is 1.43. The third kappa shape index (κ3) is 2.92. The van der Waals surface area contributed by atoms with Gasteiger partial charge in [-0.2, -0.15) is 0 Å². The Balaban J connectivity index is 2.36. The van der Waals surface area contributed by atoms with E-state index in [4.69, 9.17) is 32.5 Å².